The minimum Gasteiger partial charge on any atom is -0.360 e. The van der Waals surface area contributed by atoms with Gasteiger partial charge >= 0.3 is 0 Å². The van der Waals surface area contributed by atoms with Gasteiger partial charge in [0.05, 0.1) is 15.2 Å². The van der Waals surface area contributed by atoms with E-state index in [1.54, 1.807) is 11.3 Å². The highest BCUT2D eigenvalue weighted by Crippen LogP contribution is 2.22. The van der Waals surface area contributed by atoms with Gasteiger partial charge in [-0.05, 0) is 12.1 Å². The molecule has 3 aromatic rings. The van der Waals surface area contributed by atoms with Crippen LogP contribution in [0, 0.1) is 0 Å². The molecule has 0 spiro atoms. The van der Waals surface area contributed by atoms with Gasteiger partial charge in [0.25, 0.3) is 0 Å². The highest BCUT2D eigenvalue weighted by Gasteiger charge is 2.04. The monoisotopic (exact) mass is 290 g/mol. The maximum Gasteiger partial charge on any atom is 0.202 e. The molecule has 19 heavy (non-hydrogen) atoms. The number of nitrogens with one attached hydrogen (secondary N) is 1. The SMILES string of the molecule is CCc1nsc(NCCc2nc3ccccc3s2)n1. The molecule has 3 rings (SSSR count). The fraction of sp³-hybridized carbons (Fsp3) is 0.308. The summed E-state index contributed by atoms with van der Waals surface area (Å²) < 4.78 is 5.50. The Hall–Kier alpha value is -1.53. The zero-order valence-corrected chi connectivity index (χ0v) is 12.2. The van der Waals surface area contributed by atoms with E-state index in [0.717, 1.165) is 40.9 Å². The summed E-state index contributed by atoms with van der Waals surface area (Å²) >= 11 is 3.18. The van der Waals surface area contributed by atoms with Gasteiger partial charge in [-0.2, -0.15) is 4.37 Å². The fourth-order valence-electron chi connectivity index (χ4n) is 1.77. The van der Waals surface area contributed by atoms with E-state index in [1.165, 1.54) is 16.2 Å². The molecule has 0 bridgehead atoms. The second-order valence-corrected chi connectivity index (χ2v) is 5.99. The minimum absolute atomic E-state index is 0.845. The third kappa shape index (κ3) is 2.90. The number of anilines is 1. The van der Waals surface area contributed by atoms with Gasteiger partial charge < -0.3 is 5.32 Å². The largest absolute Gasteiger partial charge is 0.360 e. The lowest BCUT2D eigenvalue weighted by atomic mass is 10.3. The van der Waals surface area contributed by atoms with Crippen molar-refractivity contribution in [2.75, 3.05) is 11.9 Å². The zero-order valence-electron chi connectivity index (χ0n) is 10.6. The van der Waals surface area contributed by atoms with Crippen LogP contribution in [-0.2, 0) is 12.8 Å². The quantitative estimate of drug-likeness (QED) is 0.783. The molecular formula is C13H14N4S2. The average molecular weight is 290 g/mol. The van der Waals surface area contributed by atoms with E-state index < -0.39 is 0 Å². The number of para-hydroxylation sites is 1. The summed E-state index contributed by atoms with van der Waals surface area (Å²) in [6.07, 6.45) is 1.80. The highest BCUT2D eigenvalue weighted by atomic mass is 32.1. The molecule has 98 valence electrons. The molecule has 0 unspecified atom stereocenters. The number of hydrogen-bond donors (Lipinski definition) is 1. The topological polar surface area (TPSA) is 50.7 Å². The van der Waals surface area contributed by atoms with Crippen LogP contribution in [0.2, 0.25) is 0 Å². The van der Waals surface area contributed by atoms with E-state index in [1.807, 2.05) is 6.07 Å². The standard InChI is InChI=1S/C13H14N4S2/c1-2-11-16-13(19-17-11)14-8-7-12-15-9-5-3-4-6-10(9)18-12/h3-6H,2,7-8H2,1H3,(H,14,16,17). The molecule has 1 aromatic carbocycles. The van der Waals surface area contributed by atoms with Crippen LogP contribution in [-0.4, -0.2) is 20.9 Å². The second-order valence-electron chi connectivity index (χ2n) is 4.12. The molecule has 1 N–H and O–H groups in total. The van der Waals surface area contributed by atoms with Gasteiger partial charge in [0.15, 0.2) is 0 Å². The number of fused-ring (bicyclic) bond motifs is 1. The fourth-order valence-corrected chi connectivity index (χ4v) is 3.41. The number of hydrogen-bond acceptors (Lipinski definition) is 6. The number of benzene rings is 1. The molecular weight excluding hydrogens is 276 g/mol. The summed E-state index contributed by atoms with van der Waals surface area (Å²) in [7, 11) is 0. The average Bonchev–Trinajstić information content (AvgIpc) is 3.04. The summed E-state index contributed by atoms with van der Waals surface area (Å²) in [6, 6.07) is 8.25. The first kappa shape index (κ1) is 12.5. The Kier molecular flexibility index (Phi) is 3.70. The molecule has 0 atom stereocenters. The highest BCUT2D eigenvalue weighted by molar-refractivity contribution is 7.18. The molecule has 0 fully saturated rings. The van der Waals surface area contributed by atoms with Crippen molar-refractivity contribution in [3.63, 3.8) is 0 Å². The summed E-state index contributed by atoms with van der Waals surface area (Å²) in [5, 5.41) is 5.37. The normalized spacial score (nSPS) is 11.0. The molecule has 2 aromatic heterocycles. The van der Waals surface area contributed by atoms with Crippen molar-refractivity contribution in [3.8, 4) is 0 Å². The van der Waals surface area contributed by atoms with Crippen molar-refractivity contribution in [3.05, 3.63) is 35.1 Å². The molecule has 4 nitrogen and oxygen atoms in total. The van der Waals surface area contributed by atoms with Gasteiger partial charge in [-0.15, -0.1) is 11.3 Å². The van der Waals surface area contributed by atoms with Gasteiger partial charge in [0, 0.05) is 30.9 Å². The summed E-state index contributed by atoms with van der Waals surface area (Å²) in [4.78, 5) is 8.99. The van der Waals surface area contributed by atoms with E-state index >= 15 is 0 Å². The Bertz CT molecular complexity index is 641. The molecule has 0 aliphatic carbocycles. The van der Waals surface area contributed by atoms with Crippen LogP contribution >= 0.6 is 22.9 Å². The van der Waals surface area contributed by atoms with Gasteiger partial charge in [-0.3, -0.25) is 0 Å². The van der Waals surface area contributed by atoms with Gasteiger partial charge in [0.2, 0.25) is 5.13 Å². The maximum absolute atomic E-state index is 4.61. The van der Waals surface area contributed by atoms with Crippen molar-refractivity contribution in [2.24, 2.45) is 0 Å². The predicted molar refractivity (Wildman–Crippen MR) is 81.1 cm³/mol. The first-order valence-corrected chi connectivity index (χ1v) is 7.85. The van der Waals surface area contributed by atoms with E-state index in [0.29, 0.717) is 0 Å². The maximum atomic E-state index is 4.61. The Morgan fingerprint density at radius 1 is 1.21 bits per heavy atom. The van der Waals surface area contributed by atoms with Crippen molar-refractivity contribution in [2.45, 2.75) is 19.8 Å². The van der Waals surface area contributed by atoms with Gasteiger partial charge in [-0.1, -0.05) is 19.1 Å². The van der Waals surface area contributed by atoms with Gasteiger partial charge in [0.1, 0.15) is 5.82 Å². The van der Waals surface area contributed by atoms with Crippen LogP contribution in [0.25, 0.3) is 10.2 Å². The van der Waals surface area contributed by atoms with Crippen molar-refractivity contribution < 1.29 is 0 Å². The Morgan fingerprint density at radius 2 is 2.11 bits per heavy atom. The number of rotatable bonds is 5. The van der Waals surface area contributed by atoms with E-state index in [4.69, 9.17) is 0 Å². The Labute approximate surface area is 119 Å². The zero-order chi connectivity index (χ0) is 13.1. The lowest BCUT2D eigenvalue weighted by molar-refractivity contribution is 0.973. The van der Waals surface area contributed by atoms with Crippen LogP contribution in [0.15, 0.2) is 24.3 Å². The molecule has 2 heterocycles. The molecule has 0 saturated carbocycles. The van der Waals surface area contributed by atoms with Crippen LogP contribution in [0.1, 0.15) is 17.8 Å². The number of thiazole rings is 1. The number of aryl methyl sites for hydroxylation is 1. The van der Waals surface area contributed by atoms with Crippen LogP contribution in [0.5, 0.6) is 0 Å². The third-order valence-electron chi connectivity index (χ3n) is 2.74. The summed E-state index contributed by atoms with van der Waals surface area (Å²) in [5.74, 6) is 0.910. The predicted octanol–water partition coefficient (Wildman–Crippen LogP) is 3.36. The molecule has 0 radical (unpaired) electrons. The first-order chi connectivity index (χ1) is 9.35. The molecule has 0 aliphatic heterocycles. The molecule has 6 heteroatoms. The molecule has 0 saturated heterocycles. The Balaban J connectivity index is 1.59. The van der Waals surface area contributed by atoms with Crippen molar-refractivity contribution in [1.29, 1.82) is 0 Å². The minimum atomic E-state index is 0.845. The van der Waals surface area contributed by atoms with Crippen molar-refractivity contribution >= 4 is 38.2 Å². The lowest BCUT2D eigenvalue weighted by Gasteiger charge is -1.98. The smallest absolute Gasteiger partial charge is 0.202 e. The van der Waals surface area contributed by atoms with Gasteiger partial charge in [-0.25, -0.2) is 9.97 Å². The second kappa shape index (κ2) is 5.63. The third-order valence-corrected chi connectivity index (χ3v) is 4.54. The van der Waals surface area contributed by atoms with E-state index in [-0.39, 0.29) is 0 Å². The summed E-state index contributed by atoms with van der Waals surface area (Å²) in [5.41, 5.74) is 1.09. The molecule has 0 aliphatic rings. The van der Waals surface area contributed by atoms with Crippen LogP contribution in [0.3, 0.4) is 0 Å². The number of aromatic nitrogens is 3. The molecule has 0 amide bonds. The summed E-state index contributed by atoms with van der Waals surface area (Å²) in [6.45, 7) is 2.91. The Morgan fingerprint density at radius 3 is 2.89 bits per heavy atom. The van der Waals surface area contributed by atoms with Crippen LogP contribution in [0.4, 0.5) is 5.13 Å². The van der Waals surface area contributed by atoms with E-state index in [9.17, 15) is 0 Å². The number of nitrogens with zero attached hydrogens (tertiary/aromatic N) is 3. The first-order valence-electron chi connectivity index (χ1n) is 6.26. The van der Waals surface area contributed by atoms with Crippen molar-refractivity contribution in [1.82, 2.24) is 14.3 Å². The van der Waals surface area contributed by atoms with Crippen LogP contribution < -0.4 is 5.32 Å². The van der Waals surface area contributed by atoms with E-state index in [2.05, 4.69) is 44.8 Å². The lowest BCUT2D eigenvalue weighted by Crippen LogP contribution is -2.04.